The molecule has 88 valence electrons. The van der Waals surface area contributed by atoms with Gasteiger partial charge in [0.2, 0.25) is 5.91 Å². The van der Waals surface area contributed by atoms with Crippen LogP contribution in [0.1, 0.15) is 41.0 Å². The smallest absolute Gasteiger partial charge is 0.307 e. The second-order valence-electron chi connectivity index (χ2n) is 4.64. The largest absolute Gasteiger partial charge is 0.481 e. The van der Waals surface area contributed by atoms with Crippen molar-refractivity contribution >= 4 is 11.9 Å². The lowest BCUT2D eigenvalue weighted by Crippen LogP contribution is -2.47. The highest BCUT2D eigenvalue weighted by molar-refractivity contribution is 5.84. The highest BCUT2D eigenvalue weighted by Gasteiger charge is 2.28. The first-order chi connectivity index (χ1) is 6.71. The Morgan fingerprint density at radius 1 is 1.27 bits per heavy atom. The van der Waals surface area contributed by atoms with E-state index in [1.165, 1.54) is 0 Å². The Labute approximate surface area is 91.1 Å². The van der Waals surface area contributed by atoms with E-state index in [4.69, 9.17) is 5.11 Å². The van der Waals surface area contributed by atoms with Gasteiger partial charge in [-0.2, -0.15) is 0 Å². The van der Waals surface area contributed by atoms with Crippen LogP contribution in [-0.2, 0) is 9.59 Å². The standard InChI is InChI=1S/C11H21NO3/c1-6-11(4,5)12-9(13)7(2)8(3)10(14)15/h7-8H,6H2,1-5H3,(H,12,13)(H,14,15). The fraction of sp³-hybridized carbons (Fsp3) is 0.818. The third-order valence-corrected chi connectivity index (χ3v) is 2.90. The van der Waals surface area contributed by atoms with Crippen LogP contribution in [0.5, 0.6) is 0 Å². The number of carbonyl (C=O) groups excluding carboxylic acids is 1. The first kappa shape index (κ1) is 13.9. The van der Waals surface area contributed by atoms with Crippen LogP contribution in [0.15, 0.2) is 0 Å². The first-order valence-corrected chi connectivity index (χ1v) is 5.26. The van der Waals surface area contributed by atoms with Crippen molar-refractivity contribution in [3.05, 3.63) is 0 Å². The minimum absolute atomic E-state index is 0.197. The lowest BCUT2D eigenvalue weighted by atomic mass is 9.93. The van der Waals surface area contributed by atoms with Crippen molar-refractivity contribution in [1.29, 1.82) is 0 Å². The van der Waals surface area contributed by atoms with E-state index in [0.717, 1.165) is 6.42 Å². The Balaban J connectivity index is 4.40. The number of carboxylic acids is 1. The molecule has 0 heterocycles. The van der Waals surface area contributed by atoms with Crippen LogP contribution >= 0.6 is 0 Å². The van der Waals surface area contributed by atoms with Gasteiger partial charge in [0, 0.05) is 11.5 Å². The normalized spacial score (nSPS) is 15.5. The zero-order chi connectivity index (χ0) is 12.2. The molecule has 0 fully saturated rings. The van der Waals surface area contributed by atoms with Crippen LogP contribution in [0.3, 0.4) is 0 Å². The van der Waals surface area contributed by atoms with E-state index in [2.05, 4.69) is 5.32 Å². The maximum absolute atomic E-state index is 11.7. The van der Waals surface area contributed by atoms with E-state index in [-0.39, 0.29) is 11.4 Å². The maximum atomic E-state index is 11.7. The summed E-state index contributed by atoms with van der Waals surface area (Å²) in [5.41, 5.74) is -0.274. The van der Waals surface area contributed by atoms with Crippen LogP contribution in [0.4, 0.5) is 0 Å². The Morgan fingerprint density at radius 2 is 1.73 bits per heavy atom. The molecule has 0 aliphatic heterocycles. The van der Waals surface area contributed by atoms with Gasteiger partial charge in [0.05, 0.1) is 5.92 Å². The van der Waals surface area contributed by atoms with Crippen LogP contribution < -0.4 is 5.32 Å². The van der Waals surface area contributed by atoms with Crippen molar-refractivity contribution in [2.45, 2.75) is 46.6 Å². The summed E-state index contributed by atoms with van der Waals surface area (Å²) < 4.78 is 0. The number of rotatable bonds is 5. The van der Waals surface area contributed by atoms with Crippen molar-refractivity contribution in [2.75, 3.05) is 0 Å². The van der Waals surface area contributed by atoms with E-state index in [0.29, 0.717) is 0 Å². The molecule has 0 saturated carbocycles. The van der Waals surface area contributed by atoms with E-state index in [1.807, 2.05) is 20.8 Å². The van der Waals surface area contributed by atoms with Gasteiger partial charge in [0.1, 0.15) is 0 Å². The third-order valence-electron chi connectivity index (χ3n) is 2.90. The fourth-order valence-corrected chi connectivity index (χ4v) is 0.977. The van der Waals surface area contributed by atoms with Gasteiger partial charge in [-0.15, -0.1) is 0 Å². The Bertz CT molecular complexity index is 248. The molecular formula is C11H21NO3. The molecule has 4 heteroatoms. The number of aliphatic carboxylic acids is 1. The van der Waals surface area contributed by atoms with Gasteiger partial charge in [-0.25, -0.2) is 0 Å². The minimum Gasteiger partial charge on any atom is -0.481 e. The summed E-state index contributed by atoms with van der Waals surface area (Å²) in [7, 11) is 0. The van der Waals surface area contributed by atoms with Crippen molar-refractivity contribution in [3.8, 4) is 0 Å². The van der Waals surface area contributed by atoms with Crippen molar-refractivity contribution in [2.24, 2.45) is 11.8 Å². The predicted molar refractivity (Wildman–Crippen MR) is 58.5 cm³/mol. The summed E-state index contributed by atoms with van der Waals surface area (Å²) in [6.07, 6.45) is 0.812. The zero-order valence-corrected chi connectivity index (χ0v) is 10.1. The van der Waals surface area contributed by atoms with Gasteiger partial charge in [0.15, 0.2) is 0 Å². The lowest BCUT2D eigenvalue weighted by Gasteiger charge is -2.27. The predicted octanol–water partition coefficient (Wildman–Crippen LogP) is 1.65. The molecule has 0 bridgehead atoms. The summed E-state index contributed by atoms with van der Waals surface area (Å²) in [6, 6.07) is 0. The number of carboxylic acid groups (broad SMARTS) is 1. The number of carbonyl (C=O) groups is 2. The molecule has 0 aliphatic carbocycles. The van der Waals surface area contributed by atoms with E-state index in [1.54, 1.807) is 13.8 Å². The Kier molecular flexibility index (Phi) is 4.78. The van der Waals surface area contributed by atoms with Gasteiger partial charge in [-0.1, -0.05) is 20.8 Å². The highest BCUT2D eigenvalue weighted by Crippen LogP contribution is 2.14. The molecule has 0 radical (unpaired) electrons. The van der Waals surface area contributed by atoms with Gasteiger partial charge in [-0.3, -0.25) is 9.59 Å². The first-order valence-electron chi connectivity index (χ1n) is 5.26. The molecule has 4 nitrogen and oxygen atoms in total. The number of hydrogen-bond acceptors (Lipinski definition) is 2. The van der Waals surface area contributed by atoms with Crippen LogP contribution in [0, 0.1) is 11.8 Å². The molecule has 0 spiro atoms. The highest BCUT2D eigenvalue weighted by atomic mass is 16.4. The summed E-state index contributed by atoms with van der Waals surface area (Å²) >= 11 is 0. The van der Waals surface area contributed by atoms with Gasteiger partial charge in [-0.05, 0) is 20.3 Å². The van der Waals surface area contributed by atoms with Crippen LogP contribution in [0.2, 0.25) is 0 Å². The van der Waals surface area contributed by atoms with E-state index < -0.39 is 17.8 Å². The summed E-state index contributed by atoms with van der Waals surface area (Å²) in [5, 5.41) is 11.6. The van der Waals surface area contributed by atoms with Crippen LogP contribution in [-0.4, -0.2) is 22.5 Å². The molecule has 0 rings (SSSR count). The van der Waals surface area contributed by atoms with Crippen LogP contribution in [0.25, 0.3) is 0 Å². The number of hydrogen-bond donors (Lipinski definition) is 2. The molecule has 2 unspecified atom stereocenters. The molecular weight excluding hydrogens is 194 g/mol. The van der Waals surface area contributed by atoms with E-state index in [9.17, 15) is 9.59 Å². The fourth-order valence-electron chi connectivity index (χ4n) is 0.977. The van der Waals surface area contributed by atoms with Crippen molar-refractivity contribution in [3.63, 3.8) is 0 Å². The monoisotopic (exact) mass is 215 g/mol. The van der Waals surface area contributed by atoms with Crippen molar-refractivity contribution in [1.82, 2.24) is 5.32 Å². The van der Waals surface area contributed by atoms with Crippen molar-refractivity contribution < 1.29 is 14.7 Å². The Morgan fingerprint density at radius 3 is 2.07 bits per heavy atom. The zero-order valence-electron chi connectivity index (χ0n) is 10.1. The summed E-state index contributed by atoms with van der Waals surface area (Å²) in [6.45, 7) is 9.00. The molecule has 0 aromatic carbocycles. The molecule has 0 aromatic rings. The summed E-state index contributed by atoms with van der Waals surface area (Å²) in [4.78, 5) is 22.4. The molecule has 2 N–H and O–H groups in total. The summed E-state index contributed by atoms with van der Waals surface area (Å²) in [5.74, 6) is -2.30. The minimum atomic E-state index is -0.938. The molecule has 2 atom stereocenters. The van der Waals surface area contributed by atoms with Gasteiger partial charge in [0.25, 0.3) is 0 Å². The lowest BCUT2D eigenvalue weighted by molar-refractivity contribution is -0.146. The molecule has 0 aromatic heterocycles. The van der Waals surface area contributed by atoms with E-state index >= 15 is 0 Å². The van der Waals surface area contributed by atoms with Gasteiger partial charge >= 0.3 is 5.97 Å². The molecule has 1 amide bonds. The average Bonchev–Trinajstić information content (AvgIpc) is 2.14. The SMILES string of the molecule is CCC(C)(C)NC(=O)C(C)C(C)C(=O)O. The number of nitrogens with one attached hydrogen (secondary N) is 1. The quantitative estimate of drug-likeness (QED) is 0.732. The Hall–Kier alpha value is -1.06. The molecule has 0 aliphatic rings. The number of amides is 1. The maximum Gasteiger partial charge on any atom is 0.307 e. The third kappa shape index (κ3) is 4.32. The topological polar surface area (TPSA) is 66.4 Å². The average molecular weight is 215 g/mol. The molecule has 15 heavy (non-hydrogen) atoms. The second-order valence-corrected chi connectivity index (χ2v) is 4.64. The van der Waals surface area contributed by atoms with Gasteiger partial charge < -0.3 is 10.4 Å². The second kappa shape index (κ2) is 5.14. The molecule has 0 saturated heterocycles.